The van der Waals surface area contributed by atoms with Crippen molar-refractivity contribution in [3.8, 4) is 0 Å². The molecule has 1 aliphatic heterocycles. The van der Waals surface area contributed by atoms with E-state index in [1.807, 2.05) is 12.3 Å². The van der Waals surface area contributed by atoms with Crippen molar-refractivity contribution < 1.29 is 13.2 Å². The Morgan fingerprint density at radius 3 is 2.63 bits per heavy atom. The van der Waals surface area contributed by atoms with E-state index >= 15 is 0 Å². The Morgan fingerprint density at radius 2 is 2.07 bits per heavy atom. The summed E-state index contributed by atoms with van der Waals surface area (Å²) in [4.78, 5) is 13.3. The predicted octanol–water partition coefficient (Wildman–Crippen LogP) is 1.56. The van der Waals surface area contributed by atoms with Gasteiger partial charge in [-0.05, 0) is 31.2 Å². The molecule has 2 unspecified atom stereocenters. The fraction of sp³-hybridized carbons (Fsp3) is 0.650. The van der Waals surface area contributed by atoms with Gasteiger partial charge in [0, 0.05) is 32.5 Å². The van der Waals surface area contributed by atoms with Crippen LogP contribution in [0.5, 0.6) is 0 Å². The molecular weight excluding hydrogens is 404 g/mol. The first-order valence-corrected chi connectivity index (χ1v) is 11.7. The first-order valence-electron chi connectivity index (χ1n) is 10.3. The molecule has 0 spiro atoms. The maximum absolute atomic E-state index is 13.1. The third kappa shape index (κ3) is 4.75. The lowest BCUT2D eigenvalue weighted by Gasteiger charge is -2.35. The van der Waals surface area contributed by atoms with Crippen LogP contribution in [0.15, 0.2) is 29.6 Å². The van der Waals surface area contributed by atoms with Gasteiger partial charge in [0.05, 0.1) is 30.4 Å². The van der Waals surface area contributed by atoms with Crippen LogP contribution in [0.3, 0.4) is 0 Å². The Balaban J connectivity index is 1.72. The number of carbonyl (C=O) groups excluding carboxylic acids is 1. The van der Waals surface area contributed by atoms with Crippen LogP contribution in [-0.4, -0.2) is 57.3 Å². The number of aromatic nitrogens is 4. The molecule has 3 heterocycles. The molecule has 1 saturated heterocycles. The first-order chi connectivity index (χ1) is 14.0. The van der Waals surface area contributed by atoms with Crippen molar-refractivity contribution in [2.24, 2.45) is 18.4 Å². The highest BCUT2D eigenvalue weighted by molar-refractivity contribution is 7.89. The minimum absolute atomic E-state index is 0.107. The van der Waals surface area contributed by atoms with E-state index in [9.17, 15) is 13.2 Å². The van der Waals surface area contributed by atoms with Gasteiger partial charge in [-0.2, -0.15) is 14.5 Å². The first kappa shape index (κ1) is 22.5. The second-order valence-electron chi connectivity index (χ2n) is 9.08. The van der Waals surface area contributed by atoms with Gasteiger partial charge in [0.1, 0.15) is 4.90 Å². The number of rotatable bonds is 6. The second kappa shape index (κ2) is 8.50. The van der Waals surface area contributed by atoms with Crippen LogP contribution in [0, 0.1) is 18.3 Å². The van der Waals surface area contributed by atoms with Crippen LogP contribution in [0.4, 0.5) is 0 Å². The zero-order valence-corrected chi connectivity index (χ0v) is 19.2. The molecule has 0 bridgehead atoms. The summed E-state index contributed by atoms with van der Waals surface area (Å²) >= 11 is 0. The molecule has 1 fully saturated rings. The molecule has 1 aliphatic rings. The minimum atomic E-state index is -3.68. The molecule has 166 valence electrons. The van der Waals surface area contributed by atoms with Gasteiger partial charge in [0.15, 0.2) is 0 Å². The van der Waals surface area contributed by atoms with E-state index < -0.39 is 10.0 Å². The molecule has 1 N–H and O–H groups in total. The van der Waals surface area contributed by atoms with Gasteiger partial charge in [-0.3, -0.25) is 14.2 Å². The topological polar surface area (TPSA) is 102 Å². The molecule has 2 aromatic heterocycles. The molecule has 10 heteroatoms. The number of aryl methyl sites for hydroxylation is 1. The standard InChI is InChI=1S/C20H32N6O3S/c1-15-17(12-22-24(15)5)30(28,29)26-11-6-8-16(13-26)19(27)23-18(20(2,3)4)14-25-10-7-9-21-25/h7,9-10,12,16,18H,6,8,11,13-14H2,1-5H3,(H,23,27). The number of nitrogens with one attached hydrogen (secondary N) is 1. The number of nitrogens with zero attached hydrogens (tertiary/aromatic N) is 5. The number of piperidine rings is 1. The van der Waals surface area contributed by atoms with E-state index in [1.54, 1.807) is 29.5 Å². The Kier molecular flexibility index (Phi) is 6.37. The van der Waals surface area contributed by atoms with E-state index in [1.165, 1.54) is 10.5 Å². The Hall–Kier alpha value is -2.20. The molecule has 0 saturated carbocycles. The molecule has 9 nitrogen and oxygen atoms in total. The van der Waals surface area contributed by atoms with Crippen LogP contribution < -0.4 is 5.32 Å². The lowest BCUT2D eigenvalue weighted by molar-refractivity contribution is -0.127. The Bertz CT molecular complexity index is 975. The number of hydrogen-bond donors (Lipinski definition) is 1. The zero-order valence-electron chi connectivity index (χ0n) is 18.4. The fourth-order valence-corrected chi connectivity index (χ4v) is 5.38. The summed E-state index contributed by atoms with van der Waals surface area (Å²) in [5, 5.41) is 11.5. The third-order valence-electron chi connectivity index (χ3n) is 5.85. The summed E-state index contributed by atoms with van der Waals surface area (Å²) in [6, 6.07) is 1.73. The Labute approximate surface area is 178 Å². The van der Waals surface area contributed by atoms with Gasteiger partial charge in [0.2, 0.25) is 15.9 Å². The predicted molar refractivity (Wildman–Crippen MR) is 113 cm³/mol. The van der Waals surface area contributed by atoms with Crippen molar-refractivity contribution in [3.05, 3.63) is 30.4 Å². The molecule has 0 aliphatic carbocycles. The van der Waals surface area contributed by atoms with Crippen molar-refractivity contribution >= 4 is 15.9 Å². The largest absolute Gasteiger partial charge is 0.351 e. The van der Waals surface area contributed by atoms with Crippen molar-refractivity contribution in [2.45, 2.75) is 58.0 Å². The van der Waals surface area contributed by atoms with E-state index in [0.717, 1.165) is 0 Å². The average Bonchev–Trinajstić information content (AvgIpc) is 3.31. The van der Waals surface area contributed by atoms with E-state index in [2.05, 4.69) is 36.3 Å². The van der Waals surface area contributed by atoms with Crippen LogP contribution in [0.2, 0.25) is 0 Å². The Morgan fingerprint density at radius 1 is 1.33 bits per heavy atom. The normalized spacial score (nSPS) is 19.6. The number of amides is 1. The van der Waals surface area contributed by atoms with Crippen molar-refractivity contribution in [1.82, 2.24) is 29.2 Å². The summed E-state index contributed by atoms with van der Waals surface area (Å²) in [5.41, 5.74) is 0.420. The molecule has 0 aromatic carbocycles. The van der Waals surface area contributed by atoms with Crippen LogP contribution >= 0.6 is 0 Å². The molecule has 0 radical (unpaired) electrons. The summed E-state index contributed by atoms with van der Waals surface area (Å²) < 4.78 is 31.0. The third-order valence-corrected chi connectivity index (χ3v) is 7.82. The molecule has 1 amide bonds. The summed E-state index contributed by atoms with van der Waals surface area (Å²) in [6.07, 6.45) is 6.29. The van der Waals surface area contributed by atoms with E-state index in [4.69, 9.17) is 0 Å². The molecule has 2 aromatic rings. The molecule has 30 heavy (non-hydrogen) atoms. The summed E-state index contributed by atoms with van der Waals surface area (Å²) in [6.45, 7) is 9.11. The molecular formula is C20H32N6O3S. The van der Waals surface area contributed by atoms with Crippen LogP contribution in [-0.2, 0) is 28.4 Å². The summed E-state index contributed by atoms with van der Waals surface area (Å²) in [7, 11) is -1.96. The molecule has 3 rings (SSSR count). The van der Waals surface area contributed by atoms with E-state index in [-0.39, 0.29) is 34.7 Å². The van der Waals surface area contributed by atoms with Crippen LogP contribution in [0.25, 0.3) is 0 Å². The maximum atomic E-state index is 13.1. The van der Waals surface area contributed by atoms with Crippen molar-refractivity contribution in [2.75, 3.05) is 13.1 Å². The highest BCUT2D eigenvalue weighted by Crippen LogP contribution is 2.27. The van der Waals surface area contributed by atoms with Gasteiger partial charge >= 0.3 is 0 Å². The van der Waals surface area contributed by atoms with Gasteiger partial charge in [-0.1, -0.05) is 20.8 Å². The van der Waals surface area contributed by atoms with Gasteiger partial charge in [-0.25, -0.2) is 8.42 Å². The second-order valence-corrected chi connectivity index (χ2v) is 11.0. The SMILES string of the molecule is Cc1c(S(=O)(=O)N2CCCC(C(=O)NC(Cn3cccn3)C(C)(C)C)C2)cnn1C. The highest BCUT2D eigenvalue weighted by Gasteiger charge is 2.36. The van der Waals surface area contributed by atoms with Crippen molar-refractivity contribution in [1.29, 1.82) is 0 Å². The van der Waals surface area contributed by atoms with E-state index in [0.29, 0.717) is 31.6 Å². The lowest BCUT2D eigenvalue weighted by Crippen LogP contribution is -2.51. The van der Waals surface area contributed by atoms with Gasteiger partial charge in [-0.15, -0.1) is 0 Å². The quantitative estimate of drug-likeness (QED) is 0.740. The minimum Gasteiger partial charge on any atom is -0.351 e. The zero-order chi connectivity index (χ0) is 22.1. The number of carbonyl (C=O) groups is 1. The molecule has 2 atom stereocenters. The maximum Gasteiger partial charge on any atom is 0.246 e. The monoisotopic (exact) mass is 436 g/mol. The van der Waals surface area contributed by atoms with Gasteiger partial charge in [0.25, 0.3) is 0 Å². The summed E-state index contributed by atoms with van der Waals surface area (Å²) in [5.74, 6) is -0.488. The van der Waals surface area contributed by atoms with Crippen LogP contribution in [0.1, 0.15) is 39.3 Å². The smallest absolute Gasteiger partial charge is 0.246 e. The van der Waals surface area contributed by atoms with Crippen molar-refractivity contribution in [3.63, 3.8) is 0 Å². The average molecular weight is 437 g/mol. The number of hydrogen-bond acceptors (Lipinski definition) is 5. The highest BCUT2D eigenvalue weighted by atomic mass is 32.2. The lowest BCUT2D eigenvalue weighted by atomic mass is 9.86. The number of sulfonamides is 1. The fourth-order valence-electron chi connectivity index (χ4n) is 3.67. The van der Waals surface area contributed by atoms with Gasteiger partial charge < -0.3 is 5.32 Å².